The summed E-state index contributed by atoms with van der Waals surface area (Å²) >= 11 is 0. The Balaban J connectivity index is 2.79. The van der Waals surface area contributed by atoms with Crippen LogP contribution in [0.15, 0.2) is 29.2 Å². The van der Waals surface area contributed by atoms with Crippen LogP contribution in [-0.4, -0.2) is 44.0 Å². The first-order valence-electron chi connectivity index (χ1n) is 6.29. The molecule has 0 atom stereocenters. The third-order valence-electron chi connectivity index (χ3n) is 2.65. The van der Waals surface area contributed by atoms with E-state index in [4.69, 9.17) is 9.84 Å². The highest BCUT2D eigenvalue weighted by atomic mass is 32.2. The molecule has 0 unspecified atom stereocenters. The highest BCUT2D eigenvalue weighted by molar-refractivity contribution is 7.89. The van der Waals surface area contributed by atoms with Crippen molar-refractivity contribution in [2.75, 3.05) is 20.2 Å². The van der Waals surface area contributed by atoms with E-state index in [0.29, 0.717) is 12.4 Å². The van der Waals surface area contributed by atoms with Gasteiger partial charge in [0.25, 0.3) is 0 Å². The lowest BCUT2D eigenvalue weighted by atomic mass is 10.3. The SMILES string of the molecule is CCCOc1ccc(S(=O)(=O)N(C)CCC(=O)O)cc1. The highest BCUT2D eigenvalue weighted by Gasteiger charge is 2.21. The second-order valence-electron chi connectivity index (χ2n) is 4.29. The van der Waals surface area contributed by atoms with Gasteiger partial charge in [-0.05, 0) is 30.7 Å². The lowest BCUT2D eigenvalue weighted by Gasteiger charge is -2.16. The van der Waals surface area contributed by atoms with Gasteiger partial charge in [-0.1, -0.05) is 6.92 Å². The largest absolute Gasteiger partial charge is 0.494 e. The normalized spacial score (nSPS) is 11.6. The topological polar surface area (TPSA) is 83.9 Å². The van der Waals surface area contributed by atoms with Gasteiger partial charge in [-0.2, -0.15) is 0 Å². The van der Waals surface area contributed by atoms with Crippen LogP contribution in [0.5, 0.6) is 5.75 Å². The van der Waals surface area contributed by atoms with Crippen molar-refractivity contribution in [1.82, 2.24) is 4.31 Å². The molecule has 112 valence electrons. The molecule has 0 heterocycles. The third-order valence-corrected chi connectivity index (χ3v) is 4.52. The summed E-state index contributed by atoms with van der Waals surface area (Å²) in [7, 11) is -2.30. The van der Waals surface area contributed by atoms with Crippen LogP contribution in [0, 0.1) is 0 Å². The molecule has 20 heavy (non-hydrogen) atoms. The van der Waals surface area contributed by atoms with Gasteiger partial charge in [-0.3, -0.25) is 4.79 Å². The second kappa shape index (κ2) is 7.25. The minimum Gasteiger partial charge on any atom is -0.494 e. The summed E-state index contributed by atoms with van der Waals surface area (Å²) in [5.74, 6) is -0.422. The van der Waals surface area contributed by atoms with Gasteiger partial charge in [0.2, 0.25) is 10.0 Å². The summed E-state index contributed by atoms with van der Waals surface area (Å²) < 4.78 is 30.7. The Morgan fingerprint density at radius 1 is 1.30 bits per heavy atom. The molecule has 1 aromatic carbocycles. The summed E-state index contributed by atoms with van der Waals surface area (Å²) in [4.78, 5) is 10.6. The molecule has 0 bridgehead atoms. The molecule has 0 aromatic heterocycles. The zero-order chi connectivity index (χ0) is 15.2. The van der Waals surface area contributed by atoms with Crippen LogP contribution in [0.1, 0.15) is 19.8 Å². The molecule has 0 spiro atoms. The fourth-order valence-electron chi connectivity index (χ4n) is 1.48. The van der Waals surface area contributed by atoms with Crippen LogP contribution in [0.3, 0.4) is 0 Å². The van der Waals surface area contributed by atoms with Gasteiger partial charge in [0.05, 0.1) is 17.9 Å². The van der Waals surface area contributed by atoms with Gasteiger partial charge < -0.3 is 9.84 Å². The van der Waals surface area contributed by atoms with Crippen molar-refractivity contribution in [1.29, 1.82) is 0 Å². The van der Waals surface area contributed by atoms with Gasteiger partial charge in [0, 0.05) is 13.6 Å². The number of carbonyl (C=O) groups is 1. The van der Waals surface area contributed by atoms with Crippen LogP contribution in [-0.2, 0) is 14.8 Å². The molecular formula is C13H19NO5S. The number of hydrogen-bond donors (Lipinski definition) is 1. The Morgan fingerprint density at radius 3 is 2.40 bits per heavy atom. The smallest absolute Gasteiger partial charge is 0.304 e. The Hall–Kier alpha value is -1.60. The maximum atomic E-state index is 12.2. The number of carboxylic acid groups (broad SMARTS) is 1. The molecule has 0 fully saturated rings. The zero-order valence-corrected chi connectivity index (χ0v) is 12.4. The van der Waals surface area contributed by atoms with E-state index in [0.717, 1.165) is 10.7 Å². The average Bonchev–Trinajstić information content (AvgIpc) is 2.42. The fourth-order valence-corrected chi connectivity index (χ4v) is 2.65. The van der Waals surface area contributed by atoms with Crippen molar-refractivity contribution in [3.8, 4) is 5.75 Å². The zero-order valence-electron chi connectivity index (χ0n) is 11.6. The summed E-state index contributed by atoms with van der Waals surface area (Å²) in [5.41, 5.74) is 0. The van der Waals surface area contributed by atoms with Gasteiger partial charge >= 0.3 is 5.97 Å². The van der Waals surface area contributed by atoms with Crippen molar-refractivity contribution < 1.29 is 23.1 Å². The number of nitrogens with zero attached hydrogens (tertiary/aromatic N) is 1. The lowest BCUT2D eigenvalue weighted by molar-refractivity contribution is -0.137. The minimum absolute atomic E-state index is 0.0637. The van der Waals surface area contributed by atoms with E-state index in [-0.39, 0.29) is 17.9 Å². The van der Waals surface area contributed by atoms with Crippen molar-refractivity contribution in [3.05, 3.63) is 24.3 Å². The van der Waals surface area contributed by atoms with E-state index in [2.05, 4.69) is 0 Å². The Kier molecular flexibility index (Phi) is 5.97. The van der Waals surface area contributed by atoms with Crippen LogP contribution in [0.2, 0.25) is 0 Å². The van der Waals surface area contributed by atoms with Crippen molar-refractivity contribution in [2.24, 2.45) is 0 Å². The van der Waals surface area contributed by atoms with E-state index in [1.54, 1.807) is 12.1 Å². The highest BCUT2D eigenvalue weighted by Crippen LogP contribution is 2.19. The quantitative estimate of drug-likeness (QED) is 0.788. The van der Waals surface area contributed by atoms with Crippen LogP contribution >= 0.6 is 0 Å². The van der Waals surface area contributed by atoms with Gasteiger partial charge in [-0.15, -0.1) is 0 Å². The molecule has 0 saturated carbocycles. The Bertz CT molecular complexity index is 538. The predicted octanol–water partition coefficient (Wildman–Crippen LogP) is 1.57. The molecule has 0 aliphatic carbocycles. The number of carboxylic acids is 1. The van der Waals surface area contributed by atoms with E-state index >= 15 is 0 Å². The average molecular weight is 301 g/mol. The molecule has 1 N–H and O–H groups in total. The summed E-state index contributed by atoms with van der Waals surface area (Å²) in [6.07, 6.45) is 0.644. The van der Waals surface area contributed by atoms with Crippen LogP contribution < -0.4 is 4.74 Å². The number of benzene rings is 1. The summed E-state index contributed by atoms with van der Waals surface area (Å²) in [5, 5.41) is 8.58. The number of hydrogen-bond acceptors (Lipinski definition) is 4. The summed E-state index contributed by atoms with van der Waals surface area (Å²) in [6, 6.07) is 6.09. The molecular weight excluding hydrogens is 282 g/mol. The van der Waals surface area contributed by atoms with Gasteiger partial charge in [-0.25, -0.2) is 12.7 Å². The molecule has 0 amide bonds. The van der Waals surface area contributed by atoms with E-state index in [1.807, 2.05) is 6.92 Å². The molecule has 1 aromatic rings. The number of rotatable bonds is 8. The minimum atomic E-state index is -3.66. The maximum Gasteiger partial charge on any atom is 0.304 e. The molecule has 1 rings (SSSR count). The maximum absolute atomic E-state index is 12.2. The first-order valence-corrected chi connectivity index (χ1v) is 7.73. The van der Waals surface area contributed by atoms with Crippen LogP contribution in [0.4, 0.5) is 0 Å². The third kappa shape index (κ3) is 4.50. The van der Waals surface area contributed by atoms with Crippen molar-refractivity contribution >= 4 is 16.0 Å². The predicted molar refractivity (Wildman–Crippen MR) is 74.3 cm³/mol. The van der Waals surface area contributed by atoms with E-state index in [1.165, 1.54) is 19.2 Å². The van der Waals surface area contributed by atoms with Crippen molar-refractivity contribution in [2.45, 2.75) is 24.7 Å². The van der Waals surface area contributed by atoms with Crippen LogP contribution in [0.25, 0.3) is 0 Å². The molecule has 0 saturated heterocycles. The number of sulfonamides is 1. The van der Waals surface area contributed by atoms with Gasteiger partial charge in [0.15, 0.2) is 0 Å². The number of ether oxygens (including phenoxy) is 1. The second-order valence-corrected chi connectivity index (χ2v) is 6.34. The molecule has 6 nitrogen and oxygen atoms in total. The Morgan fingerprint density at radius 2 is 1.90 bits per heavy atom. The van der Waals surface area contributed by atoms with E-state index < -0.39 is 16.0 Å². The standard InChI is InChI=1S/C13H19NO5S/c1-3-10-19-11-4-6-12(7-5-11)20(17,18)14(2)9-8-13(15)16/h4-7H,3,8-10H2,1-2H3,(H,15,16). The summed E-state index contributed by atoms with van der Waals surface area (Å²) in [6.45, 7) is 2.49. The van der Waals surface area contributed by atoms with Crippen molar-refractivity contribution in [3.63, 3.8) is 0 Å². The molecule has 0 radical (unpaired) electrons. The molecule has 0 aliphatic rings. The Labute approximate surface area is 119 Å². The first kappa shape index (κ1) is 16.5. The first-order chi connectivity index (χ1) is 9.37. The van der Waals surface area contributed by atoms with Gasteiger partial charge in [0.1, 0.15) is 5.75 Å². The monoisotopic (exact) mass is 301 g/mol. The van der Waals surface area contributed by atoms with E-state index in [9.17, 15) is 13.2 Å². The number of aliphatic carboxylic acids is 1. The fraction of sp³-hybridized carbons (Fsp3) is 0.462. The molecule has 7 heteroatoms. The molecule has 0 aliphatic heterocycles. The lowest BCUT2D eigenvalue weighted by Crippen LogP contribution is -2.29.